The molecule has 31 heavy (non-hydrogen) atoms. The maximum Gasteiger partial charge on any atom is 0.276 e. The van der Waals surface area contributed by atoms with E-state index in [1.54, 1.807) is 24.3 Å². The molecular formula is C22H27N3O5S. The number of rotatable bonds is 7. The lowest BCUT2D eigenvalue weighted by Crippen LogP contribution is -2.50. The number of nitrogens with one attached hydrogen (secondary N) is 3. The van der Waals surface area contributed by atoms with Gasteiger partial charge in [-0.05, 0) is 47.5 Å². The normalized spacial score (nSPS) is 10.6. The fourth-order valence-electron chi connectivity index (χ4n) is 2.44. The molecule has 0 unspecified atom stereocenters. The van der Waals surface area contributed by atoms with Gasteiger partial charge < -0.3 is 14.2 Å². The number of amides is 2. The molecule has 0 aliphatic carbocycles. The smallest absolute Gasteiger partial charge is 0.276 e. The molecule has 8 nitrogen and oxygen atoms in total. The minimum absolute atomic E-state index is 0.0381. The molecule has 0 aliphatic rings. The third kappa shape index (κ3) is 8.13. The van der Waals surface area contributed by atoms with Crippen molar-refractivity contribution in [3.8, 4) is 17.2 Å². The topological polar surface area (TPSA) is 97.9 Å². The van der Waals surface area contributed by atoms with Crippen LogP contribution in [0.1, 0.15) is 26.3 Å². The lowest BCUT2D eigenvalue weighted by atomic mass is 9.87. The summed E-state index contributed by atoms with van der Waals surface area (Å²) in [6.45, 7) is 5.87. The molecule has 0 saturated heterocycles. The van der Waals surface area contributed by atoms with Crippen molar-refractivity contribution in [3.63, 3.8) is 0 Å². The van der Waals surface area contributed by atoms with Crippen LogP contribution in [0.25, 0.3) is 0 Å². The maximum atomic E-state index is 12.0. The number of carbonyl (C=O) groups excluding carboxylic acids is 2. The summed E-state index contributed by atoms with van der Waals surface area (Å²) in [7, 11) is 1.51. The average molecular weight is 446 g/mol. The zero-order valence-corrected chi connectivity index (χ0v) is 18.8. The largest absolute Gasteiger partial charge is 0.493 e. The van der Waals surface area contributed by atoms with Crippen molar-refractivity contribution in [1.29, 1.82) is 0 Å². The third-order valence-corrected chi connectivity index (χ3v) is 4.29. The Morgan fingerprint density at radius 1 is 0.871 bits per heavy atom. The quantitative estimate of drug-likeness (QED) is 0.445. The van der Waals surface area contributed by atoms with Crippen LogP contribution in [0.4, 0.5) is 0 Å². The summed E-state index contributed by atoms with van der Waals surface area (Å²) >= 11 is 4.98. The van der Waals surface area contributed by atoms with E-state index in [0.717, 1.165) is 0 Å². The van der Waals surface area contributed by atoms with Gasteiger partial charge in [-0.3, -0.25) is 25.8 Å². The van der Waals surface area contributed by atoms with Gasteiger partial charge in [0.2, 0.25) is 0 Å². The van der Waals surface area contributed by atoms with Crippen LogP contribution in [0.5, 0.6) is 17.2 Å². The molecule has 0 atom stereocenters. The van der Waals surface area contributed by atoms with E-state index in [-0.39, 0.29) is 23.7 Å². The summed E-state index contributed by atoms with van der Waals surface area (Å²) in [5.41, 5.74) is 5.98. The van der Waals surface area contributed by atoms with Crippen LogP contribution in [-0.2, 0) is 15.0 Å². The van der Waals surface area contributed by atoms with Gasteiger partial charge in [-0.25, -0.2) is 0 Å². The molecule has 0 aliphatic heterocycles. The van der Waals surface area contributed by atoms with Crippen LogP contribution in [0.15, 0.2) is 48.5 Å². The van der Waals surface area contributed by atoms with Crippen molar-refractivity contribution >= 4 is 29.1 Å². The summed E-state index contributed by atoms with van der Waals surface area (Å²) in [6, 6.07) is 14.5. The molecule has 166 valence electrons. The molecule has 9 heteroatoms. The summed E-state index contributed by atoms with van der Waals surface area (Å²) in [6.07, 6.45) is 0. The summed E-state index contributed by atoms with van der Waals surface area (Å²) in [5, 5.41) is 2.35. The van der Waals surface area contributed by atoms with Crippen molar-refractivity contribution in [1.82, 2.24) is 16.2 Å². The Kier molecular flexibility index (Phi) is 8.63. The minimum atomic E-state index is -0.488. The number of ether oxygens (including phenoxy) is 3. The number of carbonyl (C=O) groups is 2. The lowest BCUT2D eigenvalue weighted by Gasteiger charge is -2.19. The van der Waals surface area contributed by atoms with Gasteiger partial charge >= 0.3 is 0 Å². The molecule has 0 heterocycles. The first kappa shape index (κ1) is 23.9. The first-order valence-corrected chi connectivity index (χ1v) is 9.97. The van der Waals surface area contributed by atoms with Gasteiger partial charge in [-0.2, -0.15) is 0 Å². The van der Waals surface area contributed by atoms with Crippen LogP contribution in [0, 0.1) is 0 Å². The van der Waals surface area contributed by atoms with Crippen LogP contribution in [0.3, 0.4) is 0 Å². The molecule has 0 spiro atoms. The number of hydrogen-bond acceptors (Lipinski definition) is 6. The Morgan fingerprint density at radius 2 is 1.48 bits per heavy atom. The molecule has 3 N–H and O–H groups in total. The van der Waals surface area contributed by atoms with Crippen molar-refractivity contribution in [2.45, 2.75) is 26.2 Å². The zero-order chi connectivity index (χ0) is 22.9. The van der Waals surface area contributed by atoms with Crippen molar-refractivity contribution in [2.75, 3.05) is 20.3 Å². The Morgan fingerprint density at radius 3 is 2.10 bits per heavy atom. The summed E-state index contributed by atoms with van der Waals surface area (Å²) < 4.78 is 16.0. The van der Waals surface area contributed by atoms with Gasteiger partial charge in [0, 0.05) is 0 Å². The molecule has 2 amide bonds. The first-order valence-electron chi connectivity index (χ1n) is 9.57. The highest BCUT2D eigenvalue weighted by molar-refractivity contribution is 7.80. The molecule has 0 fully saturated rings. The van der Waals surface area contributed by atoms with Gasteiger partial charge in [-0.1, -0.05) is 45.0 Å². The highest BCUT2D eigenvalue weighted by Crippen LogP contribution is 2.25. The van der Waals surface area contributed by atoms with Crippen LogP contribution in [-0.4, -0.2) is 37.3 Å². The Bertz CT molecular complexity index is 910. The molecular weight excluding hydrogens is 418 g/mol. The average Bonchev–Trinajstić information content (AvgIpc) is 2.74. The van der Waals surface area contributed by atoms with Crippen molar-refractivity contribution < 1.29 is 23.8 Å². The van der Waals surface area contributed by atoms with Gasteiger partial charge in [0.25, 0.3) is 11.8 Å². The van der Waals surface area contributed by atoms with Crippen LogP contribution >= 0.6 is 12.2 Å². The number of benzene rings is 2. The van der Waals surface area contributed by atoms with E-state index in [2.05, 4.69) is 36.9 Å². The summed E-state index contributed by atoms with van der Waals surface area (Å²) in [4.78, 5) is 23.8. The Hall–Kier alpha value is -3.33. The van der Waals surface area contributed by atoms with Crippen LogP contribution < -0.4 is 30.4 Å². The molecule has 0 bridgehead atoms. The minimum Gasteiger partial charge on any atom is -0.493 e. The van der Waals surface area contributed by atoms with Gasteiger partial charge in [0.05, 0.1) is 7.11 Å². The van der Waals surface area contributed by atoms with Gasteiger partial charge in [0.15, 0.2) is 29.8 Å². The predicted molar refractivity (Wildman–Crippen MR) is 121 cm³/mol. The van der Waals surface area contributed by atoms with E-state index in [9.17, 15) is 9.59 Å². The number of thiocarbonyl (C=S) groups is 1. The van der Waals surface area contributed by atoms with E-state index >= 15 is 0 Å². The van der Waals surface area contributed by atoms with Crippen molar-refractivity contribution in [2.24, 2.45) is 0 Å². The Labute approximate surface area is 187 Å². The fourth-order valence-corrected chi connectivity index (χ4v) is 2.60. The van der Waals surface area contributed by atoms with Crippen LogP contribution in [0.2, 0.25) is 0 Å². The third-order valence-electron chi connectivity index (χ3n) is 4.09. The number of methoxy groups -OCH3 is 1. The summed E-state index contributed by atoms with van der Waals surface area (Å²) in [5.74, 6) is 0.571. The Balaban J connectivity index is 1.68. The number of hydrazine groups is 1. The van der Waals surface area contributed by atoms with E-state index in [0.29, 0.717) is 17.2 Å². The monoisotopic (exact) mass is 445 g/mol. The second-order valence-electron chi connectivity index (χ2n) is 7.55. The second-order valence-corrected chi connectivity index (χ2v) is 7.96. The van der Waals surface area contributed by atoms with Gasteiger partial charge in [0.1, 0.15) is 5.75 Å². The fraction of sp³-hybridized carbons (Fsp3) is 0.318. The van der Waals surface area contributed by atoms with E-state index in [1.807, 2.05) is 24.3 Å². The predicted octanol–water partition coefficient (Wildman–Crippen LogP) is 2.47. The zero-order valence-electron chi connectivity index (χ0n) is 18.0. The van der Waals surface area contributed by atoms with Crippen molar-refractivity contribution in [3.05, 3.63) is 54.1 Å². The number of hydrogen-bond donors (Lipinski definition) is 3. The molecule has 2 aromatic carbocycles. The standard InChI is InChI=1S/C22H27N3O5S/c1-22(2,3)15-9-11-16(12-10-15)29-13-19(26)23-21(31)25-24-20(27)14-30-18-8-6-5-7-17(18)28-4/h5-12H,13-14H2,1-4H3,(H,24,27)(H2,23,25,26,31). The SMILES string of the molecule is COc1ccccc1OCC(=O)NNC(=S)NC(=O)COc1ccc(C(C)(C)C)cc1. The highest BCUT2D eigenvalue weighted by Gasteiger charge is 2.13. The lowest BCUT2D eigenvalue weighted by molar-refractivity contribution is -0.124. The second kappa shape index (κ2) is 11.2. The molecule has 0 radical (unpaired) electrons. The van der Waals surface area contributed by atoms with Gasteiger partial charge in [-0.15, -0.1) is 0 Å². The molecule has 0 aromatic heterocycles. The van der Waals surface area contributed by atoms with E-state index < -0.39 is 11.8 Å². The molecule has 2 aromatic rings. The molecule has 0 saturated carbocycles. The maximum absolute atomic E-state index is 12.0. The highest BCUT2D eigenvalue weighted by atomic mass is 32.1. The molecule has 2 rings (SSSR count). The first-order chi connectivity index (χ1) is 14.7. The number of para-hydroxylation sites is 2. The van der Waals surface area contributed by atoms with E-state index in [1.165, 1.54) is 12.7 Å². The van der Waals surface area contributed by atoms with E-state index in [4.69, 9.17) is 26.4 Å².